The van der Waals surface area contributed by atoms with E-state index in [0.717, 1.165) is 29.0 Å². The van der Waals surface area contributed by atoms with Crippen molar-refractivity contribution in [3.8, 4) is 0 Å². The molecule has 1 aliphatic rings. The van der Waals surface area contributed by atoms with Crippen molar-refractivity contribution in [3.05, 3.63) is 61.5 Å². The van der Waals surface area contributed by atoms with Crippen LogP contribution in [0, 0.1) is 11.8 Å². The van der Waals surface area contributed by atoms with Gasteiger partial charge in [0, 0.05) is 32.2 Å². The lowest BCUT2D eigenvalue weighted by Gasteiger charge is -2.34. The standard InChI is InChI=1S/C22H28ClN5O2/c1-14-9-15(2)11-27(10-14)13-18-24-20-19(21(29)26(4)22(30)25(20)3)28(18)12-16-7-5-6-8-17(16)23/h5-8,14-15H,9-13H2,1-4H3/t14-,15+. The summed E-state index contributed by atoms with van der Waals surface area (Å²) in [6, 6.07) is 7.62. The summed E-state index contributed by atoms with van der Waals surface area (Å²) in [7, 11) is 3.16. The van der Waals surface area contributed by atoms with E-state index in [2.05, 4.69) is 18.7 Å². The molecule has 160 valence electrons. The topological polar surface area (TPSA) is 65.1 Å². The van der Waals surface area contributed by atoms with Gasteiger partial charge in [0.25, 0.3) is 5.56 Å². The number of aromatic nitrogens is 4. The Bertz CT molecular complexity index is 1200. The number of rotatable bonds is 4. The van der Waals surface area contributed by atoms with Crippen LogP contribution in [-0.4, -0.2) is 36.7 Å². The highest BCUT2D eigenvalue weighted by Gasteiger charge is 2.25. The fourth-order valence-corrected chi connectivity index (χ4v) is 4.90. The summed E-state index contributed by atoms with van der Waals surface area (Å²) in [5.74, 6) is 2.02. The molecule has 7 nitrogen and oxygen atoms in total. The van der Waals surface area contributed by atoms with Crippen molar-refractivity contribution in [2.45, 2.75) is 33.4 Å². The molecule has 0 radical (unpaired) electrons. The molecule has 0 amide bonds. The van der Waals surface area contributed by atoms with Crippen molar-refractivity contribution in [1.82, 2.24) is 23.6 Å². The van der Waals surface area contributed by atoms with Crippen LogP contribution in [0.15, 0.2) is 33.9 Å². The van der Waals surface area contributed by atoms with E-state index in [9.17, 15) is 9.59 Å². The van der Waals surface area contributed by atoms with Gasteiger partial charge in [0.15, 0.2) is 11.2 Å². The average Bonchev–Trinajstić information content (AvgIpc) is 3.04. The van der Waals surface area contributed by atoms with Gasteiger partial charge in [-0.2, -0.15) is 0 Å². The molecule has 0 unspecified atom stereocenters. The Morgan fingerprint density at radius 2 is 1.70 bits per heavy atom. The molecule has 30 heavy (non-hydrogen) atoms. The summed E-state index contributed by atoms with van der Waals surface area (Å²) in [6.45, 7) is 7.60. The predicted octanol–water partition coefficient (Wildman–Crippen LogP) is 2.61. The highest BCUT2D eigenvalue weighted by Crippen LogP contribution is 2.24. The number of halogens is 1. The number of hydrogen-bond acceptors (Lipinski definition) is 4. The molecule has 1 fully saturated rings. The van der Waals surface area contributed by atoms with E-state index in [-0.39, 0.29) is 11.2 Å². The van der Waals surface area contributed by atoms with Crippen LogP contribution < -0.4 is 11.2 Å². The van der Waals surface area contributed by atoms with Gasteiger partial charge in [-0.1, -0.05) is 43.6 Å². The molecule has 1 saturated heterocycles. The maximum atomic E-state index is 13.0. The van der Waals surface area contributed by atoms with E-state index < -0.39 is 0 Å². The Labute approximate surface area is 180 Å². The summed E-state index contributed by atoms with van der Waals surface area (Å²) < 4.78 is 4.52. The fraction of sp³-hybridized carbons (Fsp3) is 0.500. The van der Waals surface area contributed by atoms with Crippen molar-refractivity contribution in [2.24, 2.45) is 25.9 Å². The van der Waals surface area contributed by atoms with Crippen LogP contribution in [0.25, 0.3) is 11.2 Å². The Hall–Kier alpha value is -2.38. The summed E-state index contributed by atoms with van der Waals surface area (Å²) in [4.78, 5) is 32.7. The van der Waals surface area contributed by atoms with Gasteiger partial charge in [-0.05, 0) is 29.9 Å². The number of hydrogen-bond donors (Lipinski definition) is 0. The molecule has 0 saturated carbocycles. The molecule has 0 N–H and O–H groups in total. The predicted molar refractivity (Wildman–Crippen MR) is 119 cm³/mol. The lowest BCUT2D eigenvalue weighted by Crippen LogP contribution is -2.39. The van der Waals surface area contributed by atoms with Crippen molar-refractivity contribution < 1.29 is 0 Å². The second-order valence-corrected chi connectivity index (χ2v) is 9.13. The van der Waals surface area contributed by atoms with Crippen molar-refractivity contribution in [3.63, 3.8) is 0 Å². The minimum absolute atomic E-state index is 0.334. The monoisotopic (exact) mass is 429 g/mol. The first kappa shape index (κ1) is 20.9. The maximum absolute atomic E-state index is 13.0. The minimum Gasteiger partial charge on any atom is -0.316 e. The average molecular weight is 430 g/mol. The Morgan fingerprint density at radius 3 is 2.37 bits per heavy atom. The zero-order valence-corrected chi connectivity index (χ0v) is 18.7. The highest BCUT2D eigenvalue weighted by atomic mass is 35.5. The first-order chi connectivity index (χ1) is 14.3. The Morgan fingerprint density at radius 1 is 1.03 bits per heavy atom. The molecule has 0 aliphatic carbocycles. The molecule has 4 rings (SSSR count). The SMILES string of the molecule is C[C@@H]1C[C@H](C)CN(Cc2nc3c(c(=O)n(C)c(=O)n3C)n2Cc2ccccc2Cl)C1. The smallest absolute Gasteiger partial charge is 0.316 e. The molecule has 2 aromatic heterocycles. The van der Waals surface area contributed by atoms with E-state index in [1.807, 2.05) is 28.8 Å². The van der Waals surface area contributed by atoms with Crippen LogP contribution in [0.1, 0.15) is 31.7 Å². The molecule has 3 heterocycles. The fourth-order valence-electron chi connectivity index (χ4n) is 4.70. The quantitative estimate of drug-likeness (QED) is 0.639. The summed E-state index contributed by atoms with van der Waals surface area (Å²) in [5, 5.41) is 0.646. The van der Waals surface area contributed by atoms with Gasteiger partial charge in [0.05, 0.1) is 13.1 Å². The van der Waals surface area contributed by atoms with E-state index in [1.54, 1.807) is 7.05 Å². The van der Waals surface area contributed by atoms with Crippen molar-refractivity contribution >= 4 is 22.8 Å². The van der Waals surface area contributed by atoms with Crippen LogP contribution in [0.4, 0.5) is 0 Å². The number of aryl methyl sites for hydroxylation is 1. The first-order valence-corrected chi connectivity index (χ1v) is 10.7. The van der Waals surface area contributed by atoms with Crippen LogP contribution in [0.5, 0.6) is 0 Å². The first-order valence-electron chi connectivity index (χ1n) is 10.4. The zero-order valence-electron chi connectivity index (χ0n) is 17.9. The Kier molecular flexibility index (Phi) is 5.59. The number of benzene rings is 1. The third kappa shape index (κ3) is 3.72. The van der Waals surface area contributed by atoms with Gasteiger partial charge in [-0.3, -0.25) is 18.8 Å². The normalized spacial score (nSPS) is 20.2. The molecular weight excluding hydrogens is 402 g/mol. The minimum atomic E-state index is -0.373. The number of likely N-dealkylation sites (tertiary alicyclic amines) is 1. The number of piperidine rings is 1. The number of nitrogens with zero attached hydrogens (tertiary/aromatic N) is 5. The zero-order chi connectivity index (χ0) is 21.6. The lowest BCUT2D eigenvalue weighted by atomic mass is 9.92. The van der Waals surface area contributed by atoms with Gasteiger partial charge in [0.2, 0.25) is 0 Å². The highest BCUT2D eigenvalue weighted by molar-refractivity contribution is 6.31. The number of fused-ring (bicyclic) bond motifs is 1. The van der Waals surface area contributed by atoms with Crippen molar-refractivity contribution in [2.75, 3.05) is 13.1 Å². The lowest BCUT2D eigenvalue weighted by molar-refractivity contribution is 0.130. The third-order valence-corrected chi connectivity index (χ3v) is 6.39. The van der Waals surface area contributed by atoms with Crippen LogP contribution in [-0.2, 0) is 27.2 Å². The molecule has 1 aromatic carbocycles. The second-order valence-electron chi connectivity index (χ2n) is 8.72. The Balaban J connectivity index is 1.87. The molecule has 0 spiro atoms. The summed E-state index contributed by atoms with van der Waals surface area (Å²) >= 11 is 6.42. The summed E-state index contributed by atoms with van der Waals surface area (Å²) in [6.07, 6.45) is 1.22. The largest absolute Gasteiger partial charge is 0.332 e. The van der Waals surface area contributed by atoms with Crippen LogP contribution >= 0.6 is 11.6 Å². The van der Waals surface area contributed by atoms with E-state index in [1.165, 1.54) is 18.0 Å². The number of imidazole rings is 1. The third-order valence-electron chi connectivity index (χ3n) is 6.02. The van der Waals surface area contributed by atoms with E-state index in [0.29, 0.717) is 41.1 Å². The second kappa shape index (κ2) is 8.04. The van der Waals surface area contributed by atoms with Gasteiger partial charge in [-0.15, -0.1) is 0 Å². The van der Waals surface area contributed by atoms with E-state index in [4.69, 9.17) is 16.6 Å². The molecular formula is C22H28ClN5O2. The summed E-state index contributed by atoms with van der Waals surface area (Å²) in [5.41, 5.74) is 1.06. The molecule has 3 aromatic rings. The van der Waals surface area contributed by atoms with Gasteiger partial charge in [0.1, 0.15) is 5.82 Å². The molecule has 8 heteroatoms. The van der Waals surface area contributed by atoms with Gasteiger partial charge in [-0.25, -0.2) is 9.78 Å². The van der Waals surface area contributed by atoms with Crippen LogP contribution in [0.2, 0.25) is 5.02 Å². The van der Waals surface area contributed by atoms with Crippen LogP contribution in [0.3, 0.4) is 0 Å². The van der Waals surface area contributed by atoms with Crippen molar-refractivity contribution in [1.29, 1.82) is 0 Å². The van der Waals surface area contributed by atoms with Gasteiger partial charge < -0.3 is 4.57 Å². The molecule has 2 atom stereocenters. The molecule has 0 bridgehead atoms. The van der Waals surface area contributed by atoms with Gasteiger partial charge >= 0.3 is 5.69 Å². The molecule has 1 aliphatic heterocycles. The van der Waals surface area contributed by atoms with E-state index >= 15 is 0 Å². The maximum Gasteiger partial charge on any atom is 0.332 e.